The van der Waals surface area contributed by atoms with Gasteiger partial charge in [0.2, 0.25) is 11.7 Å². The molecule has 0 bridgehead atoms. The Morgan fingerprint density at radius 3 is 2.82 bits per heavy atom. The number of carbonyl (C=O) groups is 1. The number of tetrazole rings is 1. The van der Waals surface area contributed by atoms with Crippen LogP contribution in [0.3, 0.4) is 0 Å². The van der Waals surface area contributed by atoms with Crippen LogP contribution in [0.1, 0.15) is 5.56 Å². The number of nitrogens with zero attached hydrogens (tertiary/aromatic N) is 5. The van der Waals surface area contributed by atoms with Gasteiger partial charge in [0.05, 0.1) is 0 Å². The zero-order valence-corrected chi connectivity index (χ0v) is 12.9. The molecule has 0 N–H and O–H groups in total. The average molecular weight is 313 g/mol. The fourth-order valence-corrected chi connectivity index (χ4v) is 2.64. The molecular weight excluding hydrogens is 298 g/mol. The first kappa shape index (κ1) is 14.4. The van der Waals surface area contributed by atoms with E-state index in [9.17, 15) is 4.79 Å². The molecule has 1 aromatic carbocycles. The van der Waals surface area contributed by atoms with E-state index in [0.717, 1.165) is 11.1 Å². The standard InChI is InChI=1S/C15H15N5OS/c1-19(9-12-5-3-2-4-6-12)14(21)10-20-17-15(16-18-20)13-7-8-22-11-13/h2-8,11H,9-10H2,1H3. The van der Waals surface area contributed by atoms with Crippen molar-refractivity contribution >= 4 is 17.2 Å². The Kier molecular flexibility index (Phi) is 4.24. The van der Waals surface area contributed by atoms with Gasteiger partial charge in [-0.1, -0.05) is 30.3 Å². The second kappa shape index (κ2) is 6.48. The van der Waals surface area contributed by atoms with E-state index < -0.39 is 0 Å². The Morgan fingerprint density at radius 2 is 2.09 bits per heavy atom. The lowest BCUT2D eigenvalue weighted by Gasteiger charge is -2.16. The molecule has 0 aliphatic rings. The van der Waals surface area contributed by atoms with Gasteiger partial charge in [-0.2, -0.15) is 16.1 Å². The molecule has 0 radical (unpaired) electrons. The molecule has 6 nitrogen and oxygen atoms in total. The number of amides is 1. The molecule has 112 valence electrons. The van der Waals surface area contributed by atoms with Gasteiger partial charge in [0.25, 0.3) is 0 Å². The SMILES string of the molecule is CN(Cc1ccccc1)C(=O)Cn1nnc(-c2ccsc2)n1. The van der Waals surface area contributed by atoms with E-state index in [1.165, 1.54) is 4.80 Å². The number of carbonyl (C=O) groups excluding carboxylic acids is 1. The van der Waals surface area contributed by atoms with E-state index in [2.05, 4.69) is 15.4 Å². The highest BCUT2D eigenvalue weighted by atomic mass is 32.1. The fourth-order valence-electron chi connectivity index (χ4n) is 2.00. The Labute approximate surface area is 132 Å². The number of hydrogen-bond donors (Lipinski definition) is 0. The van der Waals surface area contributed by atoms with Crippen LogP contribution in [0.2, 0.25) is 0 Å². The van der Waals surface area contributed by atoms with Gasteiger partial charge in [-0.15, -0.1) is 10.2 Å². The molecule has 3 rings (SSSR count). The topological polar surface area (TPSA) is 63.9 Å². The summed E-state index contributed by atoms with van der Waals surface area (Å²) in [5.74, 6) is 0.484. The highest BCUT2D eigenvalue weighted by molar-refractivity contribution is 7.08. The van der Waals surface area contributed by atoms with Crippen LogP contribution >= 0.6 is 11.3 Å². The first-order valence-electron chi connectivity index (χ1n) is 6.80. The van der Waals surface area contributed by atoms with Gasteiger partial charge in [0.15, 0.2) is 0 Å². The molecule has 0 saturated carbocycles. The zero-order valence-electron chi connectivity index (χ0n) is 12.1. The van der Waals surface area contributed by atoms with Gasteiger partial charge < -0.3 is 4.90 Å². The fraction of sp³-hybridized carbons (Fsp3) is 0.200. The maximum atomic E-state index is 12.2. The highest BCUT2D eigenvalue weighted by Crippen LogP contribution is 2.16. The number of aromatic nitrogens is 4. The average Bonchev–Trinajstić information content (AvgIpc) is 3.19. The molecule has 0 aliphatic carbocycles. The van der Waals surface area contributed by atoms with Gasteiger partial charge in [-0.25, -0.2) is 0 Å². The van der Waals surface area contributed by atoms with Crippen LogP contribution in [0, 0.1) is 0 Å². The Bertz CT molecular complexity index is 738. The highest BCUT2D eigenvalue weighted by Gasteiger charge is 2.13. The molecule has 0 spiro atoms. The predicted octanol–water partition coefficient (Wildman–Crippen LogP) is 2.06. The molecule has 0 aliphatic heterocycles. The minimum Gasteiger partial charge on any atom is -0.340 e. The predicted molar refractivity (Wildman–Crippen MR) is 84.0 cm³/mol. The van der Waals surface area contributed by atoms with Crippen LogP contribution in [0.25, 0.3) is 11.4 Å². The summed E-state index contributed by atoms with van der Waals surface area (Å²) in [7, 11) is 1.77. The third-order valence-corrected chi connectivity index (χ3v) is 3.88. The number of likely N-dealkylation sites (N-methyl/N-ethyl adjacent to an activating group) is 1. The molecule has 2 aromatic heterocycles. The third kappa shape index (κ3) is 3.37. The smallest absolute Gasteiger partial charge is 0.246 e. The molecule has 7 heteroatoms. The van der Waals surface area contributed by atoms with Crippen LogP contribution in [-0.2, 0) is 17.9 Å². The summed E-state index contributed by atoms with van der Waals surface area (Å²) in [4.78, 5) is 15.2. The van der Waals surface area contributed by atoms with E-state index >= 15 is 0 Å². The van der Waals surface area contributed by atoms with Crippen LogP contribution in [0.4, 0.5) is 0 Å². The Morgan fingerprint density at radius 1 is 1.27 bits per heavy atom. The monoisotopic (exact) mass is 313 g/mol. The van der Waals surface area contributed by atoms with Crippen molar-refractivity contribution in [3.05, 3.63) is 52.7 Å². The van der Waals surface area contributed by atoms with Crippen molar-refractivity contribution in [2.24, 2.45) is 0 Å². The molecule has 0 fully saturated rings. The zero-order chi connectivity index (χ0) is 15.4. The quantitative estimate of drug-likeness (QED) is 0.723. The largest absolute Gasteiger partial charge is 0.340 e. The van der Waals surface area contributed by atoms with Crippen molar-refractivity contribution in [2.75, 3.05) is 7.05 Å². The second-order valence-electron chi connectivity index (χ2n) is 4.89. The summed E-state index contributed by atoms with van der Waals surface area (Å²) in [6.45, 7) is 0.645. The molecule has 22 heavy (non-hydrogen) atoms. The van der Waals surface area contributed by atoms with E-state index in [-0.39, 0.29) is 12.5 Å². The van der Waals surface area contributed by atoms with Crippen molar-refractivity contribution in [2.45, 2.75) is 13.1 Å². The minimum atomic E-state index is -0.0573. The Hall–Kier alpha value is -2.54. The van der Waals surface area contributed by atoms with Crippen molar-refractivity contribution in [1.82, 2.24) is 25.1 Å². The first-order chi connectivity index (χ1) is 10.7. The summed E-state index contributed by atoms with van der Waals surface area (Å²) in [5.41, 5.74) is 2.00. The van der Waals surface area contributed by atoms with Crippen molar-refractivity contribution in [1.29, 1.82) is 0 Å². The van der Waals surface area contributed by atoms with Gasteiger partial charge >= 0.3 is 0 Å². The van der Waals surface area contributed by atoms with Crippen molar-refractivity contribution in [3.63, 3.8) is 0 Å². The molecule has 1 amide bonds. The van der Waals surface area contributed by atoms with Crippen LogP contribution in [0.15, 0.2) is 47.2 Å². The lowest BCUT2D eigenvalue weighted by Crippen LogP contribution is -2.30. The molecule has 2 heterocycles. The van der Waals surface area contributed by atoms with Gasteiger partial charge in [-0.05, 0) is 22.2 Å². The summed E-state index contributed by atoms with van der Waals surface area (Å²) < 4.78 is 0. The van der Waals surface area contributed by atoms with Crippen LogP contribution in [-0.4, -0.2) is 38.1 Å². The van der Waals surface area contributed by atoms with E-state index in [1.807, 2.05) is 47.2 Å². The van der Waals surface area contributed by atoms with E-state index in [4.69, 9.17) is 0 Å². The summed E-state index contributed by atoms with van der Waals surface area (Å²) in [6.07, 6.45) is 0. The number of thiophene rings is 1. The summed E-state index contributed by atoms with van der Waals surface area (Å²) >= 11 is 1.57. The molecule has 3 aromatic rings. The van der Waals surface area contributed by atoms with Gasteiger partial charge in [0.1, 0.15) is 6.54 Å². The van der Waals surface area contributed by atoms with E-state index in [1.54, 1.807) is 23.3 Å². The molecule has 0 unspecified atom stereocenters. The molecule has 0 saturated heterocycles. The lowest BCUT2D eigenvalue weighted by molar-refractivity contribution is -0.131. The number of benzene rings is 1. The van der Waals surface area contributed by atoms with E-state index in [0.29, 0.717) is 12.4 Å². The summed E-state index contributed by atoms with van der Waals surface area (Å²) in [6, 6.07) is 11.8. The van der Waals surface area contributed by atoms with Crippen LogP contribution in [0.5, 0.6) is 0 Å². The van der Waals surface area contributed by atoms with Crippen molar-refractivity contribution in [3.8, 4) is 11.4 Å². The minimum absolute atomic E-state index is 0.0573. The summed E-state index contributed by atoms with van der Waals surface area (Å²) in [5, 5.41) is 16.0. The van der Waals surface area contributed by atoms with Gasteiger partial charge in [0, 0.05) is 24.5 Å². The molecule has 0 atom stereocenters. The van der Waals surface area contributed by atoms with Gasteiger partial charge in [-0.3, -0.25) is 4.79 Å². The number of hydrogen-bond acceptors (Lipinski definition) is 5. The van der Waals surface area contributed by atoms with Crippen molar-refractivity contribution < 1.29 is 4.79 Å². The normalized spacial score (nSPS) is 10.6. The number of rotatable bonds is 5. The first-order valence-corrected chi connectivity index (χ1v) is 7.75. The van der Waals surface area contributed by atoms with Crippen LogP contribution < -0.4 is 0 Å². The molecular formula is C15H15N5OS. The lowest BCUT2D eigenvalue weighted by atomic mass is 10.2. The second-order valence-corrected chi connectivity index (χ2v) is 5.67. The maximum Gasteiger partial charge on any atom is 0.246 e. The third-order valence-electron chi connectivity index (χ3n) is 3.20. The maximum absolute atomic E-state index is 12.2. The Balaban J connectivity index is 1.62.